The molecule has 0 aromatic heterocycles. The number of rotatable bonds is 9. The van der Waals surface area contributed by atoms with E-state index in [2.05, 4.69) is 0 Å². The molecule has 0 saturated carbocycles. The lowest BCUT2D eigenvalue weighted by molar-refractivity contribution is -0.140. The minimum Gasteiger partial charge on any atom is -0.507 e. The highest BCUT2D eigenvalue weighted by Crippen LogP contribution is 2.40. The Morgan fingerprint density at radius 1 is 0.970 bits per heavy atom. The van der Waals surface area contributed by atoms with Gasteiger partial charge in [-0.25, -0.2) is 0 Å². The Morgan fingerprint density at radius 3 is 2.21 bits per heavy atom. The molecule has 8 heteroatoms. The molecule has 1 heterocycles. The molecule has 1 atom stereocenters. The second-order valence-electron chi connectivity index (χ2n) is 7.75. The number of ether oxygens (including phenoxy) is 4. The number of carbonyl (C=O) groups is 2. The molecular weight excluding hydrogens is 426 g/mol. The van der Waals surface area contributed by atoms with Crippen LogP contribution in [0.4, 0.5) is 0 Å². The molecule has 0 aliphatic carbocycles. The Morgan fingerprint density at radius 2 is 1.64 bits per heavy atom. The SMILES string of the molecule is COc1ccc(C2/C(=C(/O)c3ccc(OC)c(OC)c3)C(=O)C(=O)N2CCOC(C)C)cc1. The van der Waals surface area contributed by atoms with Crippen LogP contribution in [-0.2, 0) is 14.3 Å². The van der Waals surface area contributed by atoms with Crippen LogP contribution in [0.1, 0.15) is 31.0 Å². The molecule has 1 aliphatic rings. The van der Waals surface area contributed by atoms with Crippen molar-refractivity contribution < 1.29 is 33.6 Å². The van der Waals surface area contributed by atoms with E-state index in [1.807, 2.05) is 13.8 Å². The van der Waals surface area contributed by atoms with Crippen molar-refractivity contribution in [2.45, 2.75) is 26.0 Å². The number of likely N-dealkylation sites (tertiary alicyclic amines) is 1. The number of aliphatic hydroxyl groups excluding tert-OH is 1. The molecule has 0 bridgehead atoms. The number of Topliss-reactive ketones (excluding diaryl/α,β-unsaturated/α-hetero) is 1. The Kier molecular flexibility index (Phi) is 7.60. The van der Waals surface area contributed by atoms with Gasteiger partial charge < -0.3 is 29.0 Å². The lowest BCUT2D eigenvalue weighted by atomic mass is 9.95. The fourth-order valence-corrected chi connectivity index (χ4v) is 3.77. The smallest absolute Gasteiger partial charge is 0.295 e. The van der Waals surface area contributed by atoms with Gasteiger partial charge in [0.15, 0.2) is 11.5 Å². The minimum atomic E-state index is -0.778. The normalized spacial score (nSPS) is 17.5. The van der Waals surface area contributed by atoms with Gasteiger partial charge in [0.1, 0.15) is 11.5 Å². The third-order valence-electron chi connectivity index (χ3n) is 5.41. The Bertz CT molecular complexity index is 1040. The van der Waals surface area contributed by atoms with Gasteiger partial charge in [-0.15, -0.1) is 0 Å². The number of methoxy groups -OCH3 is 3. The molecule has 176 valence electrons. The standard InChI is InChI=1S/C25H29NO7/c1-15(2)33-13-12-26-22(16-6-9-18(30-3)10-7-16)21(24(28)25(26)29)23(27)17-8-11-19(31-4)20(14-17)32-5/h6-11,14-15,22,27H,12-13H2,1-5H3/b23-21-. The third kappa shape index (κ3) is 4.96. The van der Waals surface area contributed by atoms with E-state index >= 15 is 0 Å². The van der Waals surface area contributed by atoms with Crippen LogP contribution >= 0.6 is 0 Å². The van der Waals surface area contributed by atoms with E-state index in [4.69, 9.17) is 18.9 Å². The number of hydrogen-bond acceptors (Lipinski definition) is 7. The molecule has 3 rings (SSSR count). The van der Waals surface area contributed by atoms with Gasteiger partial charge in [0.05, 0.1) is 45.7 Å². The van der Waals surface area contributed by atoms with Gasteiger partial charge in [0, 0.05) is 12.1 Å². The lowest BCUT2D eigenvalue weighted by Crippen LogP contribution is -2.33. The first kappa shape index (κ1) is 24.1. The molecule has 8 nitrogen and oxygen atoms in total. The molecule has 0 spiro atoms. The van der Waals surface area contributed by atoms with E-state index in [9.17, 15) is 14.7 Å². The van der Waals surface area contributed by atoms with E-state index in [1.165, 1.54) is 19.1 Å². The highest BCUT2D eigenvalue weighted by molar-refractivity contribution is 6.46. The van der Waals surface area contributed by atoms with Crippen molar-refractivity contribution in [2.75, 3.05) is 34.5 Å². The number of aliphatic hydroxyl groups is 1. The Hall–Kier alpha value is -3.52. The van der Waals surface area contributed by atoms with Crippen molar-refractivity contribution in [1.82, 2.24) is 4.90 Å². The summed E-state index contributed by atoms with van der Waals surface area (Å²) in [6.07, 6.45) is -0.0203. The first-order valence-electron chi connectivity index (χ1n) is 10.6. The van der Waals surface area contributed by atoms with Gasteiger partial charge in [0.25, 0.3) is 11.7 Å². The molecule has 1 saturated heterocycles. The van der Waals surface area contributed by atoms with Crippen LogP contribution in [0.15, 0.2) is 48.0 Å². The van der Waals surface area contributed by atoms with Crippen molar-refractivity contribution in [3.63, 3.8) is 0 Å². The lowest BCUT2D eigenvalue weighted by Gasteiger charge is -2.25. The van der Waals surface area contributed by atoms with E-state index in [-0.39, 0.29) is 30.6 Å². The molecule has 2 aromatic rings. The molecule has 1 fully saturated rings. The van der Waals surface area contributed by atoms with Crippen molar-refractivity contribution in [3.8, 4) is 17.2 Å². The van der Waals surface area contributed by atoms with Crippen molar-refractivity contribution in [1.29, 1.82) is 0 Å². The summed E-state index contributed by atoms with van der Waals surface area (Å²) in [7, 11) is 4.54. The summed E-state index contributed by atoms with van der Waals surface area (Å²) < 4.78 is 21.4. The zero-order valence-electron chi connectivity index (χ0n) is 19.5. The summed E-state index contributed by atoms with van der Waals surface area (Å²) >= 11 is 0. The Balaban J connectivity index is 2.11. The average Bonchev–Trinajstić information content (AvgIpc) is 3.08. The highest BCUT2D eigenvalue weighted by atomic mass is 16.5. The number of hydrogen-bond donors (Lipinski definition) is 1. The number of benzene rings is 2. The van der Waals surface area contributed by atoms with Gasteiger partial charge in [-0.05, 0) is 49.7 Å². The summed E-state index contributed by atoms with van der Waals surface area (Å²) in [5.74, 6) is -0.229. The summed E-state index contributed by atoms with van der Waals surface area (Å²) in [6, 6.07) is 11.1. The van der Waals surface area contributed by atoms with E-state index in [0.717, 1.165) is 0 Å². The molecule has 1 N–H and O–H groups in total. The summed E-state index contributed by atoms with van der Waals surface area (Å²) in [5, 5.41) is 11.2. The fourth-order valence-electron chi connectivity index (χ4n) is 3.77. The van der Waals surface area contributed by atoms with Gasteiger partial charge in [0.2, 0.25) is 0 Å². The van der Waals surface area contributed by atoms with Crippen LogP contribution in [0.3, 0.4) is 0 Å². The van der Waals surface area contributed by atoms with Crippen molar-refractivity contribution >= 4 is 17.4 Å². The van der Waals surface area contributed by atoms with Crippen molar-refractivity contribution in [2.24, 2.45) is 0 Å². The number of nitrogens with zero attached hydrogens (tertiary/aromatic N) is 1. The second-order valence-corrected chi connectivity index (χ2v) is 7.75. The maximum Gasteiger partial charge on any atom is 0.295 e. The van der Waals surface area contributed by atoms with Crippen LogP contribution in [-0.4, -0.2) is 62.3 Å². The van der Waals surface area contributed by atoms with Crippen LogP contribution in [0, 0.1) is 0 Å². The Labute approximate surface area is 193 Å². The van der Waals surface area contributed by atoms with E-state index < -0.39 is 17.7 Å². The molecule has 0 radical (unpaired) electrons. The number of carbonyl (C=O) groups excluding carboxylic acids is 2. The quantitative estimate of drug-likeness (QED) is 0.351. The van der Waals surface area contributed by atoms with Gasteiger partial charge in [-0.1, -0.05) is 12.1 Å². The van der Waals surface area contributed by atoms with Crippen LogP contribution in [0.2, 0.25) is 0 Å². The minimum absolute atomic E-state index is 0.00179. The summed E-state index contributed by atoms with van der Waals surface area (Å²) in [6.45, 7) is 4.24. The van der Waals surface area contributed by atoms with Crippen LogP contribution in [0.25, 0.3) is 5.76 Å². The maximum absolute atomic E-state index is 13.1. The van der Waals surface area contributed by atoms with Crippen LogP contribution < -0.4 is 14.2 Å². The first-order chi connectivity index (χ1) is 15.8. The molecule has 33 heavy (non-hydrogen) atoms. The van der Waals surface area contributed by atoms with E-state index in [0.29, 0.717) is 28.4 Å². The molecule has 1 aliphatic heterocycles. The van der Waals surface area contributed by atoms with Gasteiger partial charge >= 0.3 is 0 Å². The van der Waals surface area contributed by atoms with Gasteiger partial charge in [-0.3, -0.25) is 9.59 Å². The summed E-state index contributed by atoms with van der Waals surface area (Å²) in [5.41, 5.74) is 1.01. The fraction of sp³-hybridized carbons (Fsp3) is 0.360. The highest BCUT2D eigenvalue weighted by Gasteiger charge is 2.46. The van der Waals surface area contributed by atoms with Gasteiger partial charge in [-0.2, -0.15) is 0 Å². The monoisotopic (exact) mass is 455 g/mol. The van der Waals surface area contributed by atoms with Crippen molar-refractivity contribution in [3.05, 3.63) is 59.2 Å². The summed E-state index contributed by atoms with van der Waals surface area (Å²) in [4.78, 5) is 27.5. The zero-order chi connectivity index (χ0) is 24.1. The maximum atomic E-state index is 13.1. The van der Waals surface area contributed by atoms with Crippen LogP contribution in [0.5, 0.6) is 17.2 Å². The first-order valence-corrected chi connectivity index (χ1v) is 10.6. The zero-order valence-corrected chi connectivity index (χ0v) is 19.5. The molecule has 2 aromatic carbocycles. The predicted molar refractivity (Wildman–Crippen MR) is 123 cm³/mol. The topological polar surface area (TPSA) is 94.5 Å². The number of ketones is 1. The predicted octanol–water partition coefficient (Wildman–Crippen LogP) is 3.56. The molecular formula is C25H29NO7. The molecule has 1 unspecified atom stereocenters. The molecule has 1 amide bonds. The third-order valence-corrected chi connectivity index (χ3v) is 5.41. The average molecular weight is 456 g/mol. The van der Waals surface area contributed by atoms with E-state index in [1.54, 1.807) is 49.6 Å². The number of amides is 1. The second kappa shape index (κ2) is 10.4. The largest absolute Gasteiger partial charge is 0.507 e.